The number of aliphatic imine (C=N–C) groups is 1. The van der Waals surface area contributed by atoms with Crippen molar-refractivity contribution >= 4 is 17.3 Å². The number of likely N-dealkylation sites (tertiary alicyclic amines) is 1. The number of ether oxygens (including phenoxy) is 1. The summed E-state index contributed by atoms with van der Waals surface area (Å²) < 4.78 is 5.47. The predicted octanol–water partition coefficient (Wildman–Crippen LogP) is 1.92. The summed E-state index contributed by atoms with van der Waals surface area (Å²) in [6.07, 6.45) is 1.20. The van der Waals surface area contributed by atoms with E-state index in [-0.39, 0.29) is 5.41 Å². The van der Waals surface area contributed by atoms with Crippen molar-refractivity contribution in [2.24, 2.45) is 4.99 Å². The van der Waals surface area contributed by atoms with E-state index < -0.39 is 0 Å². The molecule has 2 aliphatic heterocycles. The molecule has 1 aromatic rings. The third-order valence-electron chi connectivity index (χ3n) is 4.95. The molecule has 2 fully saturated rings. The Hall–Kier alpha value is -1.18. The SMILES string of the molecule is CN=C(NCc1nc(C(C)(C)C)cs1)N1CCC(N2CCOCC2)C1. The summed E-state index contributed by atoms with van der Waals surface area (Å²) >= 11 is 1.73. The molecule has 1 unspecified atom stereocenters. The molecule has 0 aliphatic carbocycles. The average Bonchev–Trinajstić information content (AvgIpc) is 3.25. The largest absolute Gasteiger partial charge is 0.379 e. The highest BCUT2D eigenvalue weighted by Gasteiger charge is 2.30. The number of hydrogen-bond acceptors (Lipinski definition) is 5. The number of guanidine groups is 1. The van der Waals surface area contributed by atoms with Crippen molar-refractivity contribution in [2.45, 2.75) is 45.2 Å². The maximum atomic E-state index is 5.47. The molecular formula is C18H31N5OS. The molecule has 1 aromatic heterocycles. The summed E-state index contributed by atoms with van der Waals surface area (Å²) in [6, 6.07) is 0.620. The van der Waals surface area contributed by atoms with Gasteiger partial charge in [0, 0.05) is 50.1 Å². The van der Waals surface area contributed by atoms with Crippen LogP contribution in [-0.4, -0.2) is 73.2 Å². The molecule has 2 saturated heterocycles. The van der Waals surface area contributed by atoms with Gasteiger partial charge in [-0.1, -0.05) is 20.8 Å². The molecule has 7 heteroatoms. The van der Waals surface area contributed by atoms with Gasteiger partial charge < -0.3 is 15.0 Å². The molecule has 0 saturated carbocycles. The van der Waals surface area contributed by atoms with Gasteiger partial charge in [0.15, 0.2) is 5.96 Å². The van der Waals surface area contributed by atoms with Gasteiger partial charge in [-0.15, -0.1) is 11.3 Å². The Morgan fingerprint density at radius 3 is 2.76 bits per heavy atom. The highest BCUT2D eigenvalue weighted by Crippen LogP contribution is 2.24. The van der Waals surface area contributed by atoms with Gasteiger partial charge in [0.1, 0.15) is 5.01 Å². The van der Waals surface area contributed by atoms with Crippen molar-refractivity contribution in [2.75, 3.05) is 46.4 Å². The van der Waals surface area contributed by atoms with E-state index in [0.29, 0.717) is 6.04 Å². The van der Waals surface area contributed by atoms with Gasteiger partial charge in [-0.2, -0.15) is 0 Å². The van der Waals surface area contributed by atoms with Crippen molar-refractivity contribution in [1.29, 1.82) is 0 Å². The molecule has 0 bridgehead atoms. The smallest absolute Gasteiger partial charge is 0.194 e. The van der Waals surface area contributed by atoms with Gasteiger partial charge >= 0.3 is 0 Å². The number of thiazole rings is 1. The third-order valence-corrected chi connectivity index (χ3v) is 5.80. The van der Waals surface area contributed by atoms with Gasteiger partial charge in [0.2, 0.25) is 0 Å². The van der Waals surface area contributed by atoms with Crippen molar-refractivity contribution < 1.29 is 4.74 Å². The van der Waals surface area contributed by atoms with Crippen molar-refractivity contribution in [3.8, 4) is 0 Å². The summed E-state index contributed by atoms with van der Waals surface area (Å²) in [5, 5.41) is 6.79. The van der Waals surface area contributed by atoms with E-state index in [2.05, 4.69) is 46.3 Å². The summed E-state index contributed by atoms with van der Waals surface area (Å²) in [6.45, 7) is 13.3. The van der Waals surface area contributed by atoms with Crippen LogP contribution in [0.15, 0.2) is 10.4 Å². The fourth-order valence-electron chi connectivity index (χ4n) is 3.40. The summed E-state index contributed by atoms with van der Waals surface area (Å²) in [7, 11) is 1.87. The quantitative estimate of drug-likeness (QED) is 0.655. The standard InChI is InChI=1S/C18H31N5OS/c1-18(2,3)15-13-25-16(21-15)11-20-17(19-4)23-6-5-14(12-23)22-7-9-24-10-8-22/h13-14H,5-12H2,1-4H3,(H,19,20). The fourth-order valence-corrected chi connectivity index (χ4v) is 4.36. The first kappa shape index (κ1) is 18.6. The number of aromatic nitrogens is 1. The highest BCUT2D eigenvalue weighted by atomic mass is 32.1. The molecule has 0 radical (unpaired) electrons. The number of hydrogen-bond donors (Lipinski definition) is 1. The van der Waals surface area contributed by atoms with Crippen molar-refractivity contribution in [3.63, 3.8) is 0 Å². The predicted molar refractivity (Wildman–Crippen MR) is 103 cm³/mol. The van der Waals surface area contributed by atoms with Crippen LogP contribution in [0.1, 0.15) is 37.9 Å². The molecule has 1 atom stereocenters. The second-order valence-corrected chi connectivity index (χ2v) is 8.76. The van der Waals surface area contributed by atoms with Crippen molar-refractivity contribution in [1.82, 2.24) is 20.1 Å². The number of nitrogens with one attached hydrogen (secondary N) is 1. The molecule has 3 rings (SSSR count). The monoisotopic (exact) mass is 365 g/mol. The molecule has 6 nitrogen and oxygen atoms in total. The Labute approximate surface area is 155 Å². The lowest BCUT2D eigenvalue weighted by Gasteiger charge is -2.32. The summed E-state index contributed by atoms with van der Waals surface area (Å²) in [4.78, 5) is 14.2. The second kappa shape index (κ2) is 8.01. The minimum absolute atomic E-state index is 0.108. The Kier molecular flexibility index (Phi) is 5.96. The van der Waals surface area contributed by atoms with Crippen LogP contribution in [-0.2, 0) is 16.7 Å². The molecule has 0 spiro atoms. The van der Waals surface area contributed by atoms with Gasteiger partial charge in [0.25, 0.3) is 0 Å². The lowest BCUT2D eigenvalue weighted by molar-refractivity contribution is 0.0195. The van der Waals surface area contributed by atoms with Crippen molar-refractivity contribution in [3.05, 3.63) is 16.1 Å². The lowest BCUT2D eigenvalue weighted by atomic mass is 9.93. The van der Waals surface area contributed by atoms with Gasteiger partial charge in [-0.3, -0.25) is 9.89 Å². The third kappa shape index (κ3) is 4.71. The van der Waals surface area contributed by atoms with Gasteiger partial charge in [-0.25, -0.2) is 4.98 Å². The average molecular weight is 366 g/mol. The minimum Gasteiger partial charge on any atom is -0.379 e. The molecule has 1 N–H and O–H groups in total. The molecule has 2 aliphatic rings. The normalized spacial score (nSPS) is 23.3. The van der Waals surface area contributed by atoms with E-state index >= 15 is 0 Å². The van der Waals surface area contributed by atoms with Crippen LogP contribution in [0.4, 0.5) is 0 Å². The first-order valence-electron chi connectivity index (χ1n) is 9.19. The van der Waals surface area contributed by atoms with E-state index in [1.54, 1.807) is 11.3 Å². The van der Waals surface area contributed by atoms with Gasteiger partial charge in [0.05, 0.1) is 25.5 Å². The highest BCUT2D eigenvalue weighted by molar-refractivity contribution is 7.09. The van der Waals surface area contributed by atoms with Crippen LogP contribution >= 0.6 is 11.3 Å². The maximum Gasteiger partial charge on any atom is 0.194 e. The van der Waals surface area contributed by atoms with Gasteiger partial charge in [-0.05, 0) is 6.42 Å². The topological polar surface area (TPSA) is 53.0 Å². The van der Waals surface area contributed by atoms with E-state index in [0.717, 1.165) is 62.6 Å². The van der Waals surface area contributed by atoms with Crippen LogP contribution < -0.4 is 5.32 Å². The molecule has 25 heavy (non-hydrogen) atoms. The van der Waals surface area contributed by atoms with Crippen LogP contribution in [0.3, 0.4) is 0 Å². The molecule has 0 amide bonds. The second-order valence-electron chi connectivity index (χ2n) is 7.81. The summed E-state index contributed by atoms with van der Waals surface area (Å²) in [5.74, 6) is 0.989. The van der Waals surface area contributed by atoms with Crippen LogP contribution in [0.2, 0.25) is 0 Å². The Morgan fingerprint density at radius 2 is 2.12 bits per heavy atom. The Balaban J connectivity index is 1.52. The number of morpholine rings is 1. The van der Waals surface area contributed by atoms with Crippen LogP contribution in [0.25, 0.3) is 0 Å². The number of nitrogens with zero attached hydrogens (tertiary/aromatic N) is 4. The fraction of sp³-hybridized carbons (Fsp3) is 0.778. The zero-order valence-corrected chi connectivity index (χ0v) is 16.7. The number of rotatable bonds is 3. The summed E-state index contributed by atoms with van der Waals surface area (Å²) in [5.41, 5.74) is 1.27. The van der Waals surface area contributed by atoms with Crippen LogP contribution in [0, 0.1) is 0 Å². The van der Waals surface area contributed by atoms with E-state index in [9.17, 15) is 0 Å². The van der Waals surface area contributed by atoms with E-state index in [1.807, 2.05) is 7.05 Å². The zero-order chi connectivity index (χ0) is 17.9. The Morgan fingerprint density at radius 1 is 1.36 bits per heavy atom. The molecular weight excluding hydrogens is 334 g/mol. The van der Waals surface area contributed by atoms with E-state index in [4.69, 9.17) is 9.72 Å². The molecule has 0 aromatic carbocycles. The first-order valence-corrected chi connectivity index (χ1v) is 10.1. The Bertz CT molecular complexity index is 589. The lowest BCUT2D eigenvalue weighted by Crippen LogP contribution is -2.46. The zero-order valence-electron chi connectivity index (χ0n) is 15.9. The van der Waals surface area contributed by atoms with E-state index in [1.165, 1.54) is 6.42 Å². The molecule has 140 valence electrons. The minimum atomic E-state index is 0.108. The van der Waals surface area contributed by atoms with Crippen LogP contribution in [0.5, 0.6) is 0 Å². The first-order chi connectivity index (χ1) is 12.0. The molecule has 3 heterocycles. The maximum absolute atomic E-state index is 5.47.